The summed E-state index contributed by atoms with van der Waals surface area (Å²) in [5, 5.41) is 2.58. The number of nitrogens with zero attached hydrogens (tertiary/aromatic N) is 1. The third kappa shape index (κ3) is 6.74. The van der Waals surface area contributed by atoms with Crippen LogP contribution in [0, 0.1) is 0 Å². The molecule has 0 radical (unpaired) electrons. The van der Waals surface area contributed by atoms with Crippen LogP contribution in [0.2, 0.25) is 18.1 Å². The highest BCUT2D eigenvalue weighted by Crippen LogP contribution is 2.38. The van der Waals surface area contributed by atoms with E-state index in [-0.39, 0.29) is 17.2 Å². The van der Waals surface area contributed by atoms with Crippen molar-refractivity contribution in [1.82, 2.24) is 10.3 Å². The first-order valence-electron chi connectivity index (χ1n) is 11.0. The quantitative estimate of drug-likeness (QED) is 0.425. The van der Waals surface area contributed by atoms with Gasteiger partial charge in [0.05, 0.1) is 25.9 Å². The van der Waals surface area contributed by atoms with Crippen LogP contribution in [-0.4, -0.2) is 57.5 Å². The van der Waals surface area contributed by atoms with Gasteiger partial charge in [-0.3, -0.25) is 9.78 Å². The number of rotatable bonds is 9. The first kappa shape index (κ1) is 27.2. The Bertz CT molecular complexity index is 1000. The Labute approximate surface area is 202 Å². The van der Waals surface area contributed by atoms with Gasteiger partial charge >= 0.3 is 11.9 Å². The molecule has 0 aliphatic carbocycles. The summed E-state index contributed by atoms with van der Waals surface area (Å²) in [6.07, 6.45) is 0.880. The molecule has 0 unspecified atom stereocenters. The molecule has 1 amide bonds. The van der Waals surface area contributed by atoms with E-state index in [9.17, 15) is 14.4 Å². The molecule has 0 fully saturated rings. The molecular weight excluding hydrogens is 452 g/mol. The Balaban J connectivity index is 2.51. The van der Waals surface area contributed by atoms with Crippen LogP contribution in [-0.2, 0) is 25.1 Å². The molecule has 1 aromatic carbocycles. The first-order valence-corrected chi connectivity index (χ1v) is 14.0. The fourth-order valence-corrected chi connectivity index (χ4v) is 4.48. The highest BCUT2D eigenvalue weighted by Gasteiger charge is 2.43. The van der Waals surface area contributed by atoms with Crippen molar-refractivity contribution in [2.24, 2.45) is 0 Å². The molecule has 184 valence electrons. The van der Waals surface area contributed by atoms with Crippen molar-refractivity contribution in [2.45, 2.75) is 57.5 Å². The zero-order chi connectivity index (χ0) is 25.5. The topological polar surface area (TPSA) is 104 Å². The van der Waals surface area contributed by atoms with Crippen molar-refractivity contribution in [3.05, 3.63) is 65.5 Å². The molecule has 0 saturated heterocycles. The van der Waals surface area contributed by atoms with Gasteiger partial charge in [-0.2, -0.15) is 0 Å². The van der Waals surface area contributed by atoms with Crippen molar-refractivity contribution in [3.8, 4) is 0 Å². The minimum atomic E-state index is -2.42. The van der Waals surface area contributed by atoms with Gasteiger partial charge < -0.3 is 19.2 Å². The van der Waals surface area contributed by atoms with E-state index in [2.05, 4.69) is 44.2 Å². The molecule has 9 heteroatoms. The molecule has 0 bridgehead atoms. The zero-order valence-corrected chi connectivity index (χ0v) is 21.9. The molecule has 2 atom stereocenters. The SMILES string of the molecule is COC(=O)c1ccccc1C[C@@H](O[Si](C)(C)C(C)(C)C)[C@H](NC(=O)c1ccccn1)C(=O)OC. The summed E-state index contributed by atoms with van der Waals surface area (Å²) in [6, 6.07) is 10.8. The van der Waals surface area contributed by atoms with E-state index in [0.717, 1.165) is 0 Å². The third-order valence-corrected chi connectivity index (χ3v) is 10.6. The lowest BCUT2D eigenvalue weighted by Crippen LogP contribution is -2.56. The minimum absolute atomic E-state index is 0.164. The number of esters is 2. The maximum atomic E-state index is 12.9. The van der Waals surface area contributed by atoms with Crippen LogP contribution in [0.5, 0.6) is 0 Å². The maximum Gasteiger partial charge on any atom is 0.338 e. The predicted molar refractivity (Wildman–Crippen MR) is 131 cm³/mol. The van der Waals surface area contributed by atoms with E-state index >= 15 is 0 Å². The maximum absolute atomic E-state index is 12.9. The van der Waals surface area contributed by atoms with Crippen molar-refractivity contribution < 1.29 is 28.3 Å². The van der Waals surface area contributed by atoms with Crippen LogP contribution in [0.4, 0.5) is 0 Å². The summed E-state index contributed by atoms with van der Waals surface area (Å²) >= 11 is 0. The summed E-state index contributed by atoms with van der Waals surface area (Å²) in [4.78, 5) is 42.2. The zero-order valence-electron chi connectivity index (χ0n) is 20.9. The third-order valence-electron chi connectivity index (χ3n) is 6.11. The highest BCUT2D eigenvalue weighted by atomic mass is 28.4. The molecule has 0 aliphatic heterocycles. The Kier molecular flexibility index (Phi) is 9.11. The fourth-order valence-electron chi connectivity index (χ4n) is 3.15. The largest absolute Gasteiger partial charge is 0.467 e. The molecule has 1 aromatic heterocycles. The highest BCUT2D eigenvalue weighted by molar-refractivity contribution is 6.74. The van der Waals surface area contributed by atoms with Crippen molar-refractivity contribution in [1.29, 1.82) is 0 Å². The van der Waals surface area contributed by atoms with Crippen LogP contribution >= 0.6 is 0 Å². The van der Waals surface area contributed by atoms with E-state index in [1.807, 2.05) is 0 Å². The molecule has 8 nitrogen and oxygen atoms in total. The lowest BCUT2D eigenvalue weighted by atomic mass is 9.97. The lowest BCUT2D eigenvalue weighted by molar-refractivity contribution is -0.145. The molecule has 2 rings (SSSR count). The average Bonchev–Trinajstić information content (AvgIpc) is 2.81. The van der Waals surface area contributed by atoms with Gasteiger partial charge in [-0.05, 0) is 41.9 Å². The molecule has 0 spiro atoms. The Hall–Kier alpha value is -3.04. The fraction of sp³-hybridized carbons (Fsp3) is 0.440. The van der Waals surface area contributed by atoms with Crippen LogP contribution in [0.25, 0.3) is 0 Å². The van der Waals surface area contributed by atoms with Crippen molar-refractivity contribution in [2.75, 3.05) is 14.2 Å². The van der Waals surface area contributed by atoms with Crippen LogP contribution in [0.1, 0.15) is 47.2 Å². The molecule has 2 aromatic rings. The van der Waals surface area contributed by atoms with Crippen LogP contribution < -0.4 is 5.32 Å². The number of hydrogen-bond donors (Lipinski definition) is 1. The number of carbonyl (C=O) groups excluding carboxylic acids is 3. The number of methoxy groups -OCH3 is 2. The molecule has 1 heterocycles. The van der Waals surface area contributed by atoms with Gasteiger partial charge in [-0.25, -0.2) is 9.59 Å². The molecule has 1 N–H and O–H groups in total. The number of amides is 1. The van der Waals surface area contributed by atoms with Gasteiger partial charge in [0.1, 0.15) is 5.69 Å². The number of nitrogens with one attached hydrogen (secondary N) is 1. The Morgan fingerprint density at radius 3 is 2.21 bits per heavy atom. The minimum Gasteiger partial charge on any atom is -0.467 e. The normalized spacial score (nSPS) is 13.5. The van der Waals surface area contributed by atoms with Gasteiger partial charge in [0, 0.05) is 12.6 Å². The smallest absolute Gasteiger partial charge is 0.338 e. The van der Waals surface area contributed by atoms with Gasteiger partial charge in [0.2, 0.25) is 0 Å². The molecule has 0 aliphatic rings. The number of aromatic nitrogens is 1. The van der Waals surface area contributed by atoms with E-state index in [4.69, 9.17) is 13.9 Å². The Morgan fingerprint density at radius 1 is 1.00 bits per heavy atom. The number of carbonyl (C=O) groups is 3. The molecule has 0 saturated carbocycles. The van der Waals surface area contributed by atoms with E-state index in [1.54, 1.807) is 42.5 Å². The molecule has 34 heavy (non-hydrogen) atoms. The second kappa shape index (κ2) is 11.4. The van der Waals surface area contributed by atoms with Gasteiger partial charge in [0.25, 0.3) is 5.91 Å². The Morgan fingerprint density at radius 2 is 1.65 bits per heavy atom. The summed E-state index contributed by atoms with van der Waals surface area (Å²) < 4.78 is 16.6. The van der Waals surface area contributed by atoms with Crippen LogP contribution in [0.3, 0.4) is 0 Å². The average molecular weight is 487 g/mol. The number of hydrogen-bond acceptors (Lipinski definition) is 7. The van der Waals surface area contributed by atoms with Crippen molar-refractivity contribution in [3.63, 3.8) is 0 Å². The lowest BCUT2D eigenvalue weighted by Gasteiger charge is -2.41. The first-order chi connectivity index (χ1) is 15.9. The predicted octanol–water partition coefficient (Wildman–Crippen LogP) is 3.77. The number of benzene rings is 1. The monoisotopic (exact) mass is 486 g/mol. The molecular formula is C25H34N2O6Si. The second-order valence-corrected chi connectivity index (χ2v) is 14.2. The van der Waals surface area contributed by atoms with Gasteiger partial charge in [-0.1, -0.05) is 45.0 Å². The van der Waals surface area contributed by atoms with E-state index in [0.29, 0.717) is 11.1 Å². The van der Waals surface area contributed by atoms with E-state index in [1.165, 1.54) is 20.4 Å². The van der Waals surface area contributed by atoms with Crippen LogP contribution in [0.15, 0.2) is 48.7 Å². The standard InChI is InChI=1S/C25H34N2O6Si/c1-25(2,3)34(6,7)33-20(16-17-12-8-9-13-18(17)23(29)31-4)21(24(30)32-5)27-22(28)19-14-10-11-15-26-19/h8-15,20-21H,16H2,1-7H3,(H,27,28)/t20-,21+/m1/s1. The summed E-state index contributed by atoms with van der Waals surface area (Å²) in [5.41, 5.74) is 1.17. The summed E-state index contributed by atoms with van der Waals surface area (Å²) in [7, 11) is 0.153. The van der Waals surface area contributed by atoms with E-state index < -0.39 is 38.3 Å². The van der Waals surface area contributed by atoms with Crippen molar-refractivity contribution >= 4 is 26.2 Å². The van der Waals surface area contributed by atoms with Gasteiger partial charge in [0.15, 0.2) is 14.4 Å². The number of pyridine rings is 1. The summed E-state index contributed by atoms with van der Waals surface area (Å²) in [6.45, 7) is 10.4. The number of ether oxygens (including phenoxy) is 2. The summed E-state index contributed by atoms with van der Waals surface area (Å²) in [5.74, 6) is -1.67. The van der Waals surface area contributed by atoms with Gasteiger partial charge in [-0.15, -0.1) is 0 Å². The second-order valence-electron chi connectivity index (χ2n) is 9.46.